The predicted molar refractivity (Wildman–Crippen MR) is 103 cm³/mol. The van der Waals surface area contributed by atoms with Crippen molar-refractivity contribution in [3.05, 3.63) is 71.8 Å². The van der Waals surface area contributed by atoms with Gasteiger partial charge in [-0.05, 0) is 55.5 Å². The Hall–Kier alpha value is -3.23. The maximum absolute atomic E-state index is 13.0. The average Bonchev–Trinajstić information content (AvgIpc) is 3.40. The van der Waals surface area contributed by atoms with Crippen molar-refractivity contribution in [2.75, 3.05) is 0 Å². The summed E-state index contributed by atoms with van der Waals surface area (Å²) in [7, 11) is 0. The molecule has 4 rings (SSSR count). The second-order valence-electron chi connectivity index (χ2n) is 7.38. The van der Waals surface area contributed by atoms with E-state index in [1.54, 1.807) is 36.7 Å². The largest absolute Gasteiger partial charge is 0.416 e. The van der Waals surface area contributed by atoms with Crippen LogP contribution in [-0.4, -0.2) is 31.9 Å². The molecule has 9 heteroatoms. The number of amides is 1. The highest BCUT2D eigenvalue weighted by atomic mass is 19.4. The number of aromatic nitrogens is 4. The molecule has 1 fully saturated rings. The first-order chi connectivity index (χ1) is 14.4. The lowest BCUT2D eigenvalue weighted by Crippen LogP contribution is -2.38. The molecule has 1 amide bonds. The highest BCUT2D eigenvalue weighted by molar-refractivity contribution is 5.94. The highest BCUT2D eigenvalue weighted by Crippen LogP contribution is 2.32. The molecule has 1 aliphatic rings. The number of hydrogen-bond donors (Lipinski definition) is 1. The van der Waals surface area contributed by atoms with Crippen LogP contribution in [0.3, 0.4) is 0 Å². The SMILES string of the molecule is O=C(NC1CCC[C@@H]1Cc1cc(C(F)(F)F)ccn1)c1cccc(-n2nccn2)c1. The fraction of sp³-hybridized carbons (Fsp3) is 0.333. The van der Waals surface area contributed by atoms with Crippen molar-refractivity contribution in [1.82, 2.24) is 25.3 Å². The molecule has 2 aromatic heterocycles. The third-order valence-electron chi connectivity index (χ3n) is 5.35. The van der Waals surface area contributed by atoms with Crippen LogP contribution in [0.2, 0.25) is 0 Å². The number of benzene rings is 1. The summed E-state index contributed by atoms with van der Waals surface area (Å²) in [5, 5.41) is 11.2. The number of nitrogens with zero attached hydrogens (tertiary/aromatic N) is 4. The molecule has 2 atom stereocenters. The van der Waals surface area contributed by atoms with E-state index in [-0.39, 0.29) is 17.9 Å². The lowest BCUT2D eigenvalue weighted by atomic mass is 9.96. The summed E-state index contributed by atoms with van der Waals surface area (Å²) in [5.74, 6) is -0.182. The predicted octanol–water partition coefficient (Wildman–Crippen LogP) is 3.82. The Labute approximate surface area is 171 Å². The molecule has 0 radical (unpaired) electrons. The maximum Gasteiger partial charge on any atom is 0.416 e. The van der Waals surface area contributed by atoms with Crippen LogP contribution >= 0.6 is 0 Å². The molecule has 1 aliphatic carbocycles. The Bertz CT molecular complexity index is 1020. The first-order valence-corrected chi connectivity index (χ1v) is 9.70. The van der Waals surface area contributed by atoms with Gasteiger partial charge in [0.05, 0.1) is 23.6 Å². The zero-order valence-corrected chi connectivity index (χ0v) is 16.0. The minimum Gasteiger partial charge on any atom is -0.349 e. The smallest absolute Gasteiger partial charge is 0.349 e. The molecule has 0 aliphatic heterocycles. The van der Waals surface area contributed by atoms with Crippen LogP contribution in [-0.2, 0) is 12.6 Å². The van der Waals surface area contributed by atoms with Gasteiger partial charge in [-0.1, -0.05) is 12.5 Å². The van der Waals surface area contributed by atoms with Gasteiger partial charge in [0.25, 0.3) is 5.91 Å². The van der Waals surface area contributed by atoms with Gasteiger partial charge in [0.1, 0.15) is 0 Å². The van der Waals surface area contributed by atoms with Crippen molar-refractivity contribution in [1.29, 1.82) is 0 Å². The number of hydrogen-bond acceptors (Lipinski definition) is 4. The van der Waals surface area contributed by atoms with Gasteiger partial charge in [0.2, 0.25) is 0 Å². The molecule has 156 valence electrons. The second-order valence-corrected chi connectivity index (χ2v) is 7.38. The van der Waals surface area contributed by atoms with E-state index in [1.165, 1.54) is 11.0 Å². The maximum atomic E-state index is 13.0. The molecule has 3 aromatic rings. The Morgan fingerprint density at radius 2 is 1.90 bits per heavy atom. The van der Waals surface area contributed by atoms with Gasteiger partial charge in [-0.3, -0.25) is 9.78 Å². The monoisotopic (exact) mass is 415 g/mol. The lowest BCUT2D eigenvalue weighted by Gasteiger charge is -2.21. The zero-order chi connectivity index (χ0) is 21.1. The third kappa shape index (κ3) is 4.50. The first-order valence-electron chi connectivity index (χ1n) is 9.70. The normalized spacial score (nSPS) is 19.0. The second kappa shape index (κ2) is 8.25. The number of pyridine rings is 1. The fourth-order valence-electron chi connectivity index (χ4n) is 3.88. The minimum absolute atomic E-state index is 0.0425. The molecule has 30 heavy (non-hydrogen) atoms. The number of carbonyl (C=O) groups excluding carboxylic acids is 1. The molecule has 1 N–H and O–H groups in total. The van der Waals surface area contributed by atoms with E-state index in [2.05, 4.69) is 20.5 Å². The number of nitrogens with one attached hydrogen (secondary N) is 1. The van der Waals surface area contributed by atoms with Crippen molar-refractivity contribution in [3.63, 3.8) is 0 Å². The van der Waals surface area contributed by atoms with Crippen LogP contribution in [0, 0.1) is 5.92 Å². The molecule has 1 aromatic carbocycles. The van der Waals surface area contributed by atoms with E-state index in [9.17, 15) is 18.0 Å². The topological polar surface area (TPSA) is 72.7 Å². The van der Waals surface area contributed by atoms with E-state index in [1.807, 2.05) is 0 Å². The summed E-state index contributed by atoms with van der Waals surface area (Å²) in [6.07, 6.45) is 2.83. The number of alkyl halides is 3. The molecular formula is C21H20F3N5O. The summed E-state index contributed by atoms with van der Waals surface area (Å²) in [6, 6.07) is 8.92. The van der Waals surface area contributed by atoms with Crippen molar-refractivity contribution in [2.45, 2.75) is 37.9 Å². The summed E-state index contributed by atoms with van der Waals surface area (Å²) < 4.78 is 38.9. The van der Waals surface area contributed by atoms with Gasteiger partial charge in [-0.25, -0.2) is 0 Å². The van der Waals surface area contributed by atoms with E-state index < -0.39 is 11.7 Å². The third-order valence-corrected chi connectivity index (χ3v) is 5.35. The number of carbonyl (C=O) groups is 1. The molecule has 0 bridgehead atoms. The Morgan fingerprint density at radius 3 is 2.67 bits per heavy atom. The molecular weight excluding hydrogens is 395 g/mol. The Morgan fingerprint density at radius 1 is 1.10 bits per heavy atom. The number of rotatable bonds is 5. The van der Waals surface area contributed by atoms with Crippen LogP contribution in [0.1, 0.15) is 40.9 Å². The molecule has 0 spiro atoms. The summed E-state index contributed by atoms with van der Waals surface area (Å²) in [4.78, 5) is 18.3. The van der Waals surface area contributed by atoms with Gasteiger partial charge < -0.3 is 5.32 Å². The molecule has 6 nitrogen and oxygen atoms in total. The standard InChI is InChI=1S/C21H20F3N5O/c22-21(23,24)16-7-8-25-17(13-16)11-14-3-2-6-19(14)28-20(30)15-4-1-5-18(12-15)29-26-9-10-27-29/h1,4-5,7-10,12-14,19H,2-3,6,11H2,(H,28,30)/t14-,19?/m1/s1. The summed E-state index contributed by atoms with van der Waals surface area (Å²) >= 11 is 0. The average molecular weight is 415 g/mol. The first kappa shape index (κ1) is 20.1. The highest BCUT2D eigenvalue weighted by Gasteiger charge is 2.32. The van der Waals surface area contributed by atoms with Gasteiger partial charge in [-0.2, -0.15) is 28.2 Å². The van der Waals surface area contributed by atoms with Gasteiger partial charge >= 0.3 is 6.18 Å². The van der Waals surface area contributed by atoms with Gasteiger partial charge in [0, 0.05) is 23.5 Å². The molecule has 0 saturated heterocycles. The molecule has 2 heterocycles. The van der Waals surface area contributed by atoms with E-state index in [0.29, 0.717) is 23.4 Å². The van der Waals surface area contributed by atoms with Crippen LogP contribution in [0.15, 0.2) is 55.0 Å². The van der Waals surface area contributed by atoms with E-state index >= 15 is 0 Å². The van der Waals surface area contributed by atoms with Crippen molar-refractivity contribution < 1.29 is 18.0 Å². The van der Waals surface area contributed by atoms with Crippen LogP contribution in [0.25, 0.3) is 5.69 Å². The number of halogens is 3. The summed E-state index contributed by atoms with van der Waals surface area (Å²) in [6.45, 7) is 0. The molecule has 1 unspecified atom stereocenters. The van der Waals surface area contributed by atoms with Crippen molar-refractivity contribution in [2.24, 2.45) is 5.92 Å². The van der Waals surface area contributed by atoms with Gasteiger partial charge in [-0.15, -0.1) is 0 Å². The van der Waals surface area contributed by atoms with Crippen LogP contribution in [0.5, 0.6) is 0 Å². The van der Waals surface area contributed by atoms with Crippen LogP contribution < -0.4 is 5.32 Å². The van der Waals surface area contributed by atoms with Crippen molar-refractivity contribution in [3.8, 4) is 5.69 Å². The quantitative estimate of drug-likeness (QED) is 0.688. The van der Waals surface area contributed by atoms with E-state index in [4.69, 9.17) is 0 Å². The molecule has 1 saturated carbocycles. The van der Waals surface area contributed by atoms with E-state index in [0.717, 1.165) is 31.4 Å². The Kier molecular flexibility index (Phi) is 5.52. The minimum atomic E-state index is -4.39. The Balaban J connectivity index is 1.45. The lowest BCUT2D eigenvalue weighted by molar-refractivity contribution is -0.137. The fourth-order valence-corrected chi connectivity index (χ4v) is 3.88. The van der Waals surface area contributed by atoms with Crippen LogP contribution in [0.4, 0.5) is 13.2 Å². The zero-order valence-electron chi connectivity index (χ0n) is 16.0. The van der Waals surface area contributed by atoms with Crippen molar-refractivity contribution >= 4 is 5.91 Å². The van der Waals surface area contributed by atoms with Gasteiger partial charge in [0.15, 0.2) is 0 Å². The summed E-state index contributed by atoms with van der Waals surface area (Å²) in [5.41, 5.74) is 0.842.